The summed E-state index contributed by atoms with van der Waals surface area (Å²) in [5, 5.41) is 15.7. The minimum absolute atomic E-state index is 0.0210. The third-order valence-electron chi connectivity index (χ3n) is 4.81. The molecular weight excluding hydrogens is 436 g/mol. The van der Waals surface area contributed by atoms with Gasteiger partial charge in [0.1, 0.15) is 23.6 Å². The van der Waals surface area contributed by atoms with E-state index in [9.17, 15) is 14.9 Å². The number of nitrogens with zero attached hydrogens (tertiary/aromatic N) is 3. The standard InChI is InChI=1S/C25H20N4O5/c30-24(17-34-23-9-3-6-19-7-4-14-26-25(19)23)28-27-15-20-5-1-2-8-22(20)33-16-18-10-12-21(13-11-18)29(31)32/h1-15H,16-17H2,(H,28,30)/b27-15+. The summed E-state index contributed by atoms with van der Waals surface area (Å²) in [6.45, 7) is 0.00737. The number of rotatable bonds is 9. The molecule has 0 saturated carbocycles. The third-order valence-corrected chi connectivity index (χ3v) is 4.81. The van der Waals surface area contributed by atoms with Gasteiger partial charge in [0.2, 0.25) is 0 Å². The lowest BCUT2D eigenvalue weighted by molar-refractivity contribution is -0.384. The number of fused-ring (bicyclic) bond motifs is 1. The zero-order valence-corrected chi connectivity index (χ0v) is 18.0. The number of amides is 1. The molecular formula is C25H20N4O5. The molecule has 0 aliphatic heterocycles. The van der Waals surface area contributed by atoms with Crippen LogP contribution >= 0.6 is 0 Å². The fraction of sp³-hybridized carbons (Fsp3) is 0.0800. The van der Waals surface area contributed by atoms with Crippen molar-refractivity contribution in [3.63, 3.8) is 0 Å². The predicted octanol–water partition coefficient (Wildman–Crippen LogP) is 4.25. The van der Waals surface area contributed by atoms with Crippen LogP contribution in [0.3, 0.4) is 0 Å². The predicted molar refractivity (Wildman–Crippen MR) is 127 cm³/mol. The van der Waals surface area contributed by atoms with Crippen LogP contribution in [0.15, 0.2) is 90.2 Å². The van der Waals surface area contributed by atoms with Gasteiger partial charge in [0.05, 0.1) is 11.1 Å². The first-order valence-corrected chi connectivity index (χ1v) is 10.3. The van der Waals surface area contributed by atoms with Gasteiger partial charge in [-0.1, -0.05) is 30.3 Å². The lowest BCUT2D eigenvalue weighted by Gasteiger charge is -2.09. The molecule has 0 atom stereocenters. The van der Waals surface area contributed by atoms with Crippen LogP contribution in [0.4, 0.5) is 5.69 Å². The average Bonchev–Trinajstić information content (AvgIpc) is 2.87. The van der Waals surface area contributed by atoms with Crippen LogP contribution in [0.25, 0.3) is 10.9 Å². The number of carbonyl (C=O) groups is 1. The second-order valence-electron chi connectivity index (χ2n) is 7.16. The quantitative estimate of drug-likeness (QED) is 0.229. The van der Waals surface area contributed by atoms with E-state index in [4.69, 9.17) is 9.47 Å². The highest BCUT2D eigenvalue weighted by atomic mass is 16.6. The molecule has 4 rings (SSSR count). The van der Waals surface area contributed by atoms with Gasteiger partial charge >= 0.3 is 0 Å². The molecule has 0 aliphatic rings. The molecule has 34 heavy (non-hydrogen) atoms. The molecule has 9 heteroatoms. The molecule has 0 aliphatic carbocycles. The molecule has 9 nitrogen and oxygen atoms in total. The molecule has 0 radical (unpaired) electrons. The number of pyridine rings is 1. The average molecular weight is 456 g/mol. The van der Waals surface area contributed by atoms with Crippen molar-refractivity contribution >= 4 is 28.7 Å². The van der Waals surface area contributed by atoms with Crippen molar-refractivity contribution < 1.29 is 19.2 Å². The van der Waals surface area contributed by atoms with Crippen LogP contribution in [-0.4, -0.2) is 28.6 Å². The van der Waals surface area contributed by atoms with Crippen molar-refractivity contribution in [3.8, 4) is 11.5 Å². The summed E-state index contributed by atoms with van der Waals surface area (Å²) in [4.78, 5) is 26.8. The number of hydrazone groups is 1. The summed E-state index contributed by atoms with van der Waals surface area (Å²) >= 11 is 0. The van der Waals surface area contributed by atoms with Crippen molar-refractivity contribution in [2.24, 2.45) is 5.10 Å². The molecule has 3 aromatic carbocycles. The Morgan fingerprint density at radius 2 is 1.74 bits per heavy atom. The lowest BCUT2D eigenvalue weighted by atomic mass is 10.2. The van der Waals surface area contributed by atoms with E-state index < -0.39 is 10.8 Å². The minimum atomic E-state index is -0.450. The van der Waals surface area contributed by atoms with Crippen molar-refractivity contribution in [1.82, 2.24) is 10.4 Å². The van der Waals surface area contributed by atoms with E-state index in [0.717, 1.165) is 10.9 Å². The van der Waals surface area contributed by atoms with Gasteiger partial charge in [-0.2, -0.15) is 5.10 Å². The Bertz CT molecular complexity index is 1330. The fourth-order valence-electron chi connectivity index (χ4n) is 3.14. The Hall–Kier alpha value is -4.79. The fourth-order valence-corrected chi connectivity index (χ4v) is 3.14. The number of ether oxygens (including phenoxy) is 2. The third kappa shape index (κ3) is 5.71. The number of para-hydroxylation sites is 2. The van der Waals surface area contributed by atoms with Crippen LogP contribution in [-0.2, 0) is 11.4 Å². The molecule has 1 heterocycles. The molecule has 170 valence electrons. The van der Waals surface area contributed by atoms with Gasteiger partial charge in [0.15, 0.2) is 6.61 Å². The summed E-state index contributed by atoms with van der Waals surface area (Å²) in [5.74, 6) is 0.646. The number of nitro benzene ring substituents is 1. The maximum absolute atomic E-state index is 12.2. The van der Waals surface area contributed by atoms with Gasteiger partial charge in [0.25, 0.3) is 11.6 Å². The maximum Gasteiger partial charge on any atom is 0.277 e. The largest absolute Gasteiger partial charge is 0.488 e. The molecule has 0 unspecified atom stereocenters. The van der Waals surface area contributed by atoms with Crippen molar-refractivity contribution in [2.75, 3.05) is 6.61 Å². The summed E-state index contributed by atoms with van der Waals surface area (Å²) in [6.07, 6.45) is 3.14. The van der Waals surface area contributed by atoms with Gasteiger partial charge in [-0.15, -0.1) is 0 Å². The number of nitro groups is 1. The first-order chi connectivity index (χ1) is 16.6. The van der Waals surface area contributed by atoms with Crippen molar-refractivity contribution in [3.05, 3.63) is 106 Å². The summed E-state index contributed by atoms with van der Waals surface area (Å²) in [5.41, 5.74) is 4.57. The van der Waals surface area contributed by atoms with E-state index >= 15 is 0 Å². The zero-order chi connectivity index (χ0) is 23.8. The monoisotopic (exact) mass is 456 g/mol. The highest BCUT2D eigenvalue weighted by molar-refractivity contribution is 5.86. The number of aromatic nitrogens is 1. The molecule has 1 amide bonds. The van der Waals surface area contributed by atoms with Gasteiger partial charge < -0.3 is 9.47 Å². The Morgan fingerprint density at radius 1 is 0.971 bits per heavy atom. The molecule has 0 bridgehead atoms. The second kappa shape index (κ2) is 10.7. The Balaban J connectivity index is 1.32. The normalized spacial score (nSPS) is 10.8. The van der Waals surface area contributed by atoms with Crippen LogP contribution in [0, 0.1) is 10.1 Å². The highest BCUT2D eigenvalue weighted by Gasteiger charge is 2.07. The minimum Gasteiger partial charge on any atom is -0.488 e. The molecule has 4 aromatic rings. The molecule has 0 spiro atoms. The second-order valence-corrected chi connectivity index (χ2v) is 7.16. The highest BCUT2D eigenvalue weighted by Crippen LogP contribution is 2.23. The topological polar surface area (TPSA) is 116 Å². The van der Waals surface area contributed by atoms with Gasteiger partial charge in [-0.3, -0.25) is 19.9 Å². The number of non-ortho nitro benzene ring substituents is 1. The number of nitrogens with one attached hydrogen (secondary N) is 1. The Morgan fingerprint density at radius 3 is 2.56 bits per heavy atom. The van der Waals surface area contributed by atoms with Gasteiger partial charge in [-0.25, -0.2) is 5.43 Å². The number of benzene rings is 3. The first-order valence-electron chi connectivity index (χ1n) is 10.3. The summed E-state index contributed by atoms with van der Waals surface area (Å²) < 4.78 is 11.4. The van der Waals surface area contributed by atoms with Crippen molar-refractivity contribution in [2.45, 2.75) is 6.61 Å². The zero-order valence-electron chi connectivity index (χ0n) is 18.0. The van der Waals surface area contributed by atoms with E-state index in [0.29, 0.717) is 22.6 Å². The summed E-state index contributed by atoms with van der Waals surface area (Å²) in [6, 6.07) is 22.6. The molecule has 0 fully saturated rings. The smallest absolute Gasteiger partial charge is 0.277 e. The van der Waals surface area contributed by atoms with Gasteiger partial charge in [-0.05, 0) is 42.0 Å². The molecule has 1 aromatic heterocycles. The van der Waals surface area contributed by atoms with Crippen LogP contribution < -0.4 is 14.9 Å². The van der Waals surface area contributed by atoms with Crippen molar-refractivity contribution in [1.29, 1.82) is 0 Å². The van der Waals surface area contributed by atoms with E-state index in [1.54, 1.807) is 36.5 Å². The number of hydrogen-bond acceptors (Lipinski definition) is 7. The van der Waals surface area contributed by atoms with E-state index in [2.05, 4.69) is 15.5 Å². The van der Waals surface area contributed by atoms with Crippen LogP contribution in [0.5, 0.6) is 11.5 Å². The van der Waals surface area contributed by atoms with E-state index in [-0.39, 0.29) is 18.9 Å². The summed E-state index contributed by atoms with van der Waals surface area (Å²) in [7, 11) is 0. The van der Waals surface area contributed by atoms with Crippen LogP contribution in [0.2, 0.25) is 0 Å². The lowest BCUT2D eigenvalue weighted by Crippen LogP contribution is -2.24. The first kappa shape index (κ1) is 22.4. The van der Waals surface area contributed by atoms with E-state index in [1.807, 2.05) is 36.4 Å². The molecule has 1 N–H and O–H groups in total. The van der Waals surface area contributed by atoms with Gasteiger partial charge in [0, 0.05) is 29.3 Å². The Kier molecular flexibility index (Phi) is 7.04. The van der Waals surface area contributed by atoms with E-state index in [1.165, 1.54) is 18.3 Å². The molecule has 0 saturated heterocycles. The number of carbonyl (C=O) groups excluding carboxylic acids is 1. The maximum atomic E-state index is 12.2. The number of hydrogen-bond donors (Lipinski definition) is 1. The SMILES string of the molecule is O=C(COc1cccc2cccnc12)N/N=C/c1ccccc1OCc1ccc([N+](=O)[O-])cc1. The Labute approximate surface area is 194 Å². The van der Waals surface area contributed by atoms with Crippen LogP contribution in [0.1, 0.15) is 11.1 Å².